The van der Waals surface area contributed by atoms with E-state index >= 15 is 0 Å². The van der Waals surface area contributed by atoms with Crippen molar-refractivity contribution in [2.24, 2.45) is 0 Å². The summed E-state index contributed by atoms with van der Waals surface area (Å²) in [6.45, 7) is 1.93. The van der Waals surface area contributed by atoms with Crippen molar-refractivity contribution in [3.8, 4) is 0 Å². The van der Waals surface area contributed by atoms with Gasteiger partial charge in [-0.1, -0.05) is 75.7 Å². The van der Waals surface area contributed by atoms with Crippen LogP contribution in [0.15, 0.2) is 42.5 Å². The average Bonchev–Trinajstić information content (AvgIpc) is 2.49. The molecule has 1 unspecified atom stereocenters. The molecule has 0 bridgehead atoms. The van der Waals surface area contributed by atoms with Crippen LogP contribution in [0.5, 0.6) is 0 Å². The molecule has 1 atom stereocenters. The fraction of sp³-hybridized carbons (Fsp3) is 0.188. The van der Waals surface area contributed by atoms with Crippen molar-refractivity contribution in [3.63, 3.8) is 0 Å². The minimum absolute atomic E-state index is 0.378. The zero-order valence-electron chi connectivity index (χ0n) is 12.4. The fourth-order valence-electron chi connectivity index (χ4n) is 1.88. The number of amides is 1. The SMILES string of the molecule is Cc1ccc(C(=O)NC(Nc2cc(Cl)ccc2Cl)C(Cl)(Cl)Cl)cc1. The molecule has 0 radical (unpaired) electrons. The number of rotatable bonds is 4. The second-order valence-corrected chi connectivity index (χ2v) is 8.30. The van der Waals surface area contributed by atoms with Crippen LogP contribution < -0.4 is 10.6 Å². The summed E-state index contributed by atoms with van der Waals surface area (Å²) in [5.41, 5.74) is 1.91. The minimum atomic E-state index is -1.81. The van der Waals surface area contributed by atoms with Crippen molar-refractivity contribution in [2.75, 3.05) is 5.32 Å². The molecule has 2 aromatic carbocycles. The molecule has 0 spiro atoms. The summed E-state index contributed by atoms with van der Waals surface area (Å²) in [6.07, 6.45) is -1.02. The molecule has 0 aliphatic rings. The molecule has 1 amide bonds. The van der Waals surface area contributed by atoms with Gasteiger partial charge in [-0.2, -0.15) is 0 Å². The highest BCUT2D eigenvalue weighted by atomic mass is 35.6. The van der Waals surface area contributed by atoms with E-state index in [4.69, 9.17) is 58.0 Å². The van der Waals surface area contributed by atoms with Crippen LogP contribution in [0.3, 0.4) is 0 Å². The zero-order valence-corrected chi connectivity index (χ0v) is 16.2. The van der Waals surface area contributed by atoms with E-state index in [1.165, 1.54) is 0 Å². The van der Waals surface area contributed by atoms with Gasteiger partial charge in [-0.15, -0.1) is 0 Å². The quantitative estimate of drug-likeness (QED) is 0.476. The number of halogens is 5. The standard InChI is InChI=1S/C16H13Cl5N2O/c1-9-2-4-10(5-3-9)14(24)23-15(16(19,20)21)22-13-8-11(17)6-7-12(13)18/h2-8,15,22H,1H3,(H,23,24). The van der Waals surface area contributed by atoms with Gasteiger partial charge < -0.3 is 10.6 Å². The Labute approximate surface area is 165 Å². The Balaban J connectivity index is 2.21. The monoisotopic (exact) mass is 424 g/mol. The molecule has 8 heteroatoms. The van der Waals surface area contributed by atoms with Crippen molar-refractivity contribution in [2.45, 2.75) is 16.9 Å². The molecule has 0 heterocycles. The number of carbonyl (C=O) groups is 1. The number of nitrogens with one attached hydrogen (secondary N) is 2. The summed E-state index contributed by atoms with van der Waals surface area (Å²) in [5.74, 6) is -0.392. The molecule has 2 N–H and O–H groups in total. The van der Waals surface area contributed by atoms with E-state index in [0.717, 1.165) is 5.56 Å². The molecule has 24 heavy (non-hydrogen) atoms. The molecule has 128 valence electrons. The summed E-state index contributed by atoms with van der Waals surface area (Å²) in [5, 5.41) is 6.37. The van der Waals surface area contributed by atoms with Gasteiger partial charge in [0.2, 0.25) is 3.79 Å². The predicted octanol–water partition coefficient (Wildman–Crippen LogP) is 5.84. The molecular formula is C16H13Cl5N2O. The molecule has 3 nitrogen and oxygen atoms in total. The summed E-state index contributed by atoms with van der Waals surface area (Å²) in [6, 6.07) is 11.8. The van der Waals surface area contributed by atoms with Gasteiger partial charge in [-0.3, -0.25) is 4.79 Å². The van der Waals surface area contributed by atoms with Crippen molar-refractivity contribution in [3.05, 3.63) is 63.6 Å². The van der Waals surface area contributed by atoms with E-state index in [2.05, 4.69) is 10.6 Å². The molecular weight excluding hydrogens is 413 g/mol. The minimum Gasteiger partial charge on any atom is -0.361 e. The normalized spacial score (nSPS) is 12.6. The van der Waals surface area contributed by atoms with Crippen molar-refractivity contribution in [1.29, 1.82) is 0 Å². The first kappa shape index (κ1) is 19.5. The number of benzene rings is 2. The summed E-state index contributed by atoms with van der Waals surface area (Å²) in [4.78, 5) is 12.4. The highest BCUT2D eigenvalue weighted by Crippen LogP contribution is 2.33. The highest BCUT2D eigenvalue weighted by molar-refractivity contribution is 6.68. The maximum Gasteiger partial charge on any atom is 0.252 e. The Kier molecular flexibility index (Phi) is 6.52. The number of alkyl halides is 3. The summed E-state index contributed by atoms with van der Waals surface area (Å²) < 4.78 is -1.81. The molecule has 2 rings (SSSR count). The molecule has 0 saturated carbocycles. The van der Waals surface area contributed by atoms with E-state index in [9.17, 15) is 4.79 Å². The predicted molar refractivity (Wildman–Crippen MR) is 103 cm³/mol. The van der Waals surface area contributed by atoms with Crippen LogP contribution in [0.4, 0.5) is 5.69 Å². The van der Waals surface area contributed by atoms with Crippen molar-refractivity contribution >= 4 is 69.6 Å². The highest BCUT2D eigenvalue weighted by Gasteiger charge is 2.34. The van der Waals surface area contributed by atoms with Crippen molar-refractivity contribution in [1.82, 2.24) is 5.32 Å². The van der Waals surface area contributed by atoms with Crippen LogP contribution in [-0.2, 0) is 0 Å². The number of hydrogen-bond acceptors (Lipinski definition) is 2. The van der Waals surface area contributed by atoms with Crippen LogP contribution in [0.1, 0.15) is 15.9 Å². The lowest BCUT2D eigenvalue weighted by molar-refractivity contribution is 0.0942. The van der Waals surface area contributed by atoms with E-state index in [1.54, 1.807) is 30.3 Å². The average molecular weight is 427 g/mol. The first-order valence-electron chi connectivity index (χ1n) is 6.82. The second kappa shape index (κ2) is 8.03. The molecule has 0 aliphatic carbocycles. The van der Waals surface area contributed by atoms with Gasteiger partial charge in [-0.25, -0.2) is 0 Å². The van der Waals surface area contributed by atoms with Crippen LogP contribution in [-0.4, -0.2) is 15.9 Å². The second-order valence-electron chi connectivity index (χ2n) is 5.08. The van der Waals surface area contributed by atoms with Gasteiger partial charge in [0.25, 0.3) is 5.91 Å². The van der Waals surface area contributed by atoms with E-state index in [1.807, 2.05) is 19.1 Å². The van der Waals surface area contributed by atoms with Crippen LogP contribution in [0, 0.1) is 6.92 Å². The number of aryl methyl sites for hydroxylation is 1. The lowest BCUT2D eigenvalue weighted by Gasteiger charge is -2.28. The molecule has 0 aromatic heterocycles. The van der Waals surface area contributed by atoms with Crippen LogP contribution >= 0.6 is 58.0 Å². The van der Waals surface area contributed by atoms with Gasteiger partial charge in [0.05, 0.1) is 10.7 Å². The number of hydrogen-bond donors (Lipinski definition) is 2. The van der Waals surface area contributed by atoms with Crippen LogP contribution in [0.2, 0.25) is 10.0 Å². The van der Waals surface area contributed by atoms with Gasteiger partial charge in [0.15, 0.2) is 0 Å². The van der Waals surface area contributed by atoms with Crippen LogP contribution in [0.25, 0.3) is 0 Å². The van der Waals surface area contributed by atoms with Gasteiger partial charge in [-0.05, 0) is 37.3 Å². The molecule has 0 saturated heterocycles. The fourth-order valence-corrected chi connectivity index (χ4v) is 2.55. The first-order chi connectivity index (χ1) is 11.2. The van der Waals surface area contributed by atoms with Gasteiger partial charge in [0, 0.05) is 10.6 Å². The zero-order chi connectivity index (χ0) is 17.9. The van der Waals surface area contributed by atoms with Crippen molar-refractivity contribution < 1.29 is 4.79 Å². The largest absolute Gasteiger partial charge is 0.361 e. The number of carbonyl (C=O) groups excluding carboxylic acids is 1. The third-order valence-corrected chi connectivity index (χ3v) is 4.36. The molecule has 0 fully saturated rings. The van der Waals surface area contributed by atoms with Gasteiger partial charge >= 0.3 is 0 Å². The van der Waals surface area contributed by atoms with E-state index in [-0.39, 0.29) is 0 Å². The Morgan fingerprint density at radius 2 is 1.67 bits per heavy atom. The Hall–Kier alpha value is -0.840. The summed E-state index contributed by atoms with van der Waals surface area (Å²) in [7, 11) is 0. The maximum absolute atomic E-state index is 12.4. The lowest BCUT2D eigenvalue weighted by Crippen LogP contribution is -2.49. The smallest absolute Gasteiger partial charge is 0.252 e. The lowest BCUT2D eigenvalue weighted by atomic mass is 10.1. The maximum atomic E-state index is 12.4. The summed E-state index contributed by atoms with van der Waals surface area (Å²) >= 11 is 30.0. The third-order valence-electron chi connectivity index (χ3n) is 3.14. The molecule has 0 aliphatic heterocycles. The third kappa shape index (κ3) is 5.33. The Morgan fingerprint density at radius 1 is 1.04 bits per heavy atom. The first-order valence-corrected chi connectivity index (χ1v) is 8.71. The Bertz CT molecular complexity index is 728. The van der Waals surface area contributed by atoms with Gasteiger partial charge in [0.1, 0.15) is 6.17 Å². The van der Waals surface area contributed by atoms with E-state index in [0.29, 0.717) is 21.3 Å². The topological polar surface area (TPSA) is 41.1 Å². The number of anilines is 1. The van der Waals surface area contributed by atoms with E-state index < -0.39 is 15.9 Å². The Morgan fingerprint density at radius 3 is 2.25 bits per heavy atom. The molecule has 2 aromatic rings.